The minimum absolute atomic E-state index is 0. The van der Waals surface area contributed by atoms with Crippen LogP contribution in [-0.2, 0) is 12.7 Å². The normalized spacial score (nSPS) is 10.4. The van der Waals surface area contributed by atoms with Crippen molar-refractivity contribution in [3.8, 4) is 0 Å². The fraction of sp³-hybridized carbons (Fsp3) is 0.222. The molecule has 0 atom stereocenters. The number of guanidine groups is 1. The second-order valence-electron chi connectivity index (χ2n) is 2.94. The van der Waals surface area contributed by atoms with Crippen LogP contribution in [0.5, 0.6) is 0 Å². The smallest absolute Gasteiger partial charge is 0.370 e. The first kappa shape index (κ1) is 14.6. The highest BCUT2D eigenvalue weighted by molar-refractivity contribution is 5.85. The molecular weight excluding hydrogens is 243 g/mol. The molecule has 3 nitrogen and oxygen atoms in total. The molecule has 0 radical (unpaired) electrons. The van der Waals surface area contributed by atoms with Crippen LogP contribution in [0.4, 0.5) is 13.2 Å². The Morgan fingerprint density at radius 1 is 1.25 bits per heavy atom. The van der Waals surface area contributed by atoms with Gasteiger partial charge in [0, 0.05) is 0 Å². The van der Waals surface area contributed by atoms with E-state index in [9.17, 15) is 13.2 Å². The predicted octanol–water partition coefficient (Wildman–Crippen LogP) is 1.90. The van der Waals surface area contributed by atoms with Crippen LogP contribution in [0.1, 0.15) is 11.1 Å². The largest absolute Gasteiger partial charge is 0.416 e. The summed E-state index contributed by atoms with van der Waals surface area (Å²) < 4.78 is 36.8. The molecule has 1 aromatic carbocycles. The summed E-state index contributed by atoms with van der Waals surface area (Å²) in [5.74, 6) is -0.146. The monoisotopic (exact) mass is 253 g/mol. The van der Waals surface area contributed by atoms with Crippen LogP contribution in [-0.4, -0.2) is 5.96 Å². The Morgan fingerprint density at radius 2 is 1.88 bits per heavy atom. The van der Waals surface area contributed by atoms with E-state index in [-0.39, 0.29) is 24.9 Å². The summed E-state index contributed by atoms with van der Waals surface area (Å²) in [6, 6.07) is 4.87. The number of hydrogen-bond donors (Lipinski definition) is 2. The Kier molecular flexibility index (Phi) is 5.10. The molecule has 0 saturated heterocycles. The zero-order valence-electron chi connectivity index (χ0n) is 8.16. The topological polar surface area (TPSA) is 64.4 Å². The second kappa shape index (κ2) is 5.60. The van der Waals surface area contributed by atoms with Gasteiger partial charge >= 0.3 is 6.18 Å². The zero-order valence-corrected chi connectivity index (χ0v) is 8.98. The summed E-state index contributed by atoms with van der Waals surface area (Å²) in [6.07, 6.45) is -4.34. The van der Waals surface area contributed by atoms with Crippen molar-refractivity contribution >= 4 is 18.4 Å². The van der Waals surface area contributed by atoms with Crippen LogP contribution >= 0.6 is 12.4 Å². The molecule has 1 aromatic rings. The number of alkyl halides is 3. The summed E-state index contributed by atoms with van der Waals surface area (Å²) in [5.41, 5.74) is 9.85. The number of aliphatic imine (C=N–C) groups is 1. The van der Waals surface area contributed by atoms with Gasteiger partial charge < -0.3 is 11.5 Å². The fourth-order valence-electron chi connectivity index (χ4n) is 1.03. The van der Waals surface area contributed by atoms with Crippen molar-refractivity contribution in [3.05, 3.63) is 35.4 Å². The average molecular weight is 254 g/mol. The van der Waals surface area contributed by atoms with Crippen LogP contribution in [0.15, 0.2) is 29.3 Å². The van der Waals surface area contributed by atoms with E-state index in [1.807, 2.05) is 0 Å². The molecule has 16 heavy (non-hydrogen) atoms. The van der Waals surface area contributed by atoms with Crippen LogP contribution in [0, 0.1) is 0 Å². The molecule has 0 aliphatic heterocycles. The Balaban J connectivity index is 0.00000225. The molecule has 0 aliphatic carbocycles. The Hall–Kier alpha value is -1.43. The summed E-state index contributed by atoms with van der Waals surface area (Å²) >= 11 is 0. The van der Waals surface area contributed by atoms with Crippen LogP contribution < -0.4 is 11.5 Å². The molecule has 90 valence electrons. The third kappa shape index (κ3) is 4.39. The quantitative estimate of drug-likeness (QED) is 0.625. The van der Waals surface area contributed by atoms with Gasteiger partial charge in [-0.2, -0.15) is 13.2 Å². The van der Waals surface area contributed by atoms with Crippen molar-refractivity contribution in [2.45, 2.75) is 12.7 Å². The van der Waals surface area contributed by atoms with Crippen molar-refractivity contribution in [2.24, 2.45) is 16.5 Å². The van der Waals surface area contributed by atoms with E-state index in [1.54, 1.807) is 0 Å². The lowest BCUT2D eigenvalue weighted by molar-refractivity contribution is -0.137. The minimum atomic E-state index is -4.34. The third-order valence-electron chi connectivity index (χ3n) is 1.70. The molecule has 0 heterocycles. The number of rotatable bonds is 2. The van der Waals surface area contributed by atoms with Gasteiger partial charge in [0.2, 0.25) is 0 Å². The van der Waals surface area contributed by atoms with Crippen molar-refractivity contribution < 1.29 is 13.2 Å². The predicted molar refractivity (Wildman–Crippen MR) is 58.2 cm³/mol. The van der Waals surface area contributed by atoms with Crippen molar-refractivity contribution in [3.63, 3.8) is 0 Å². The number of benzene rings is 1. The molecule has 0 bridgehead atoms. The summed E-state index contributed by atoms with van der Waals surface area (Å²) in [5, 5.41) is 0. The maximum absolute atomic E-state index is 12.3. The molecular formula is C9H11ClF3N3. The molecule has 0 aliphatic rings. The van der Waals surface area contributed by atoms with Gasteiger partial charge in [-0.1, -0.05) is 12.1 Å². The van der Waals surface area contributed by atoms with Gasteiger partial charge in [-0.3, -0.25) is 0 Å². The van der Waals surface area contributed by atoms with E-state index >= 15 is 0 Å². The number of hydrogen-bond acceptors (Lipinski definition) is 1. The van der Waals surface area contributed by atoms with Crippen molar-refractivity contribution in [1.29, 1.82) is 0 Å². The molecule has 0 spiro atoms. The van der Waals surface area contributed by atoms with Crippen LogP contribution in [0.25, 0.3) is 0 Å². The lowest BCUT2D eigenvalue weighted by Gasteiger charge is -2.07. The number of halogens is 4. The van der Waals surface area contributed by atoms with E-state index in [1.165, 1.54) is 12.1 Å². The second-order valence-corrected chi connectivity index (χ2v) is 2.94. The van der Waals surface area contributed by atoms with E-state index in [0.717, 1.165) is 12.1 Å². The summed E-state index contributed by atoms with van der Waals surface area (Å²) in [6.45, 7) is 0.0479. The number of nitrogens with zero attached hydrogens (tertiary/aromatic N) is 1. The summed E-state index contributed by atoms with van der Waals surface area (Å²) in [7, 11) is 0. The Labute approximate surface area is 96.8 Å². The van der Waals surface area contributed by atoms with E-state index in [4.69, 9.17) is 11.5 Å². The Morgan fingerprint density at radius 3 is 2.38 bits per heavy atom. The highest BCUT2D eigenvalue weighted by Crippen LogP contribution is 2.29. The first-order valence-electron chi connectivity index (χ1n) is 4.11. The molecule has 0 saturated carbocycles. The zero-order chi connectivity index (χ0) is 11.5. The van der Waals surface area contributed by atoms with Gasteiger partial charge in [0.15, 0.2) is 5.96 Å². The molecule has 4 N–H and O–H groups in total. The van der Waals surface area contributed by atoms with E-state index in [2.05, 4.69) is 4.99 Å². The highest BCUT2D eigenvalue weighted by Gasteiger charge is 2.30. The van der Waals surface area contributed by atoms with Gasteiger partial charge in [0.25, 0.3) is 0 Å². The lowest BCUT2D eigenvalue weighted by Crippen LogP contribution is -2.22. The third-order valence-corrected chi connectivity index (χ3v) is 1.70. The van der Waals surface area contributed by atoms with E-state index in [0.29, 0.717) is 5.56 Å². The van der Waals surface area contributed by atoms with Crippen molar-refractivity contribution in [2.75, 3.05) is 0 Å². The standard InChI is InChI=1S/C9H10F3N3.ClH/c10-9(11,12)7-3-1-2-6(4-7)5-15-8(13)14;/h1-4H,5H2,(H4,13,14,15);1H. The highest BCUT2D eigenvalue weighted by atomic mass is 35.5. The molecule has 1 rings (SSSR count). The first-order chi connectivity index (χ1) is 6.89. The van der Waals surface area contributed by atoms with E-state index < -0.39 is 11.7 Å². The average Bonchev–Trinajstić information content (AvgIpc) is 2.14. The molecule has 0 unspecified atom stereocenters. The van der Waals surface area contributed by atoms with Gasteiger partial charge in [-0.05, 0) is 17.7 Å². The van der Waals surface area contributed by atoms with Crippen LogP contribution in [0.2, 0.25) is 0 Å². The maximum Gasteiger partial charge on any atom is 0.416 e. The lowest BCUT2D eigenvalue weighted by atomic mass is 10.1. The minimum Gasteiger partial charge on any atom is -0.370 e. The molecule has 0 aromatic heterocycles. The van der Waals surface area contributed by atoms with Gasteiger partial charge in [-0.15, -0.1) is 12.4 Å². The molecule has 0 amide bonds. The fourth-order valence-corrected chi connectivity index (χ4v) is 1.03. The van der Waals surface area contributed by atoms with Crippen molar-refractivity contribution in [1.82, 2.24) is 0 Å². The first-order valence-corrected chi connectivity index (χ1v) is 4.11. The van der Waals surface area contributed by atoms with Gasteiger partial charge in [0.1, 0.15) is 0 Å². The summed E-state index contributed by atoms with van der Waals surface area (Å²) in [4.78, 5) is 3.62. The van der Waals surface area contributed by atoms with Gasteiger partial charge in [-0.25, -0.2) is 4.99 Å². The molecule has 0 fully saturated rings. The number of nitrogens with two attached hydrogens (primary N) is 2. The van der Waals surface area contributed by atoms with Gasteiger partial charge in [0.05, 0.1) is 12.1 Å². The van der Waals surface area contributed by atoms with Crippen LogP contribution in [0.3, 0.4) is 0 Å². The maximum atomic E-state index is 12.3. The Bertz CT molecular complexity index is 373. The molecule has 7 heteroatoms. The SMILES string of the molecule is Cl.NC(N)=NCc1cccc(C(F)(F)F)c1.